The summed E-state index contributed by atoms with van der Waals surface area (Å²) in [6.45, 7) is 1.61. The van der Waals surface area contributed by atoms with Gasteiger partial charge in [-0.3, -0.25) is 4.79 Å². The van der Waals surface area contributed by atoms with Crippen LogP contribution in [0.1, 0.15) is 57.8 Å². The van der Waals surface area contributed by atoms with E-state index in [9.17, 15) is 4.79 Å². The number of amides is 1. The van der Waals surface area contributed by atoms with Gasteiger partial charge in [-0.25, -0.2) is 0 Å². The summed E-state index contributed by atoms with van der Waals surface area (Å²) in [5.41, 5.74) is 5.90. The third-order valence-corrected chi connectivity index (χ3v) is 7.18. The lowest BCUT2D eigenvalue weighted by Crippen LogP contribution is -2.50. The van der Waals surface area contributed by atoms with Crippen LogP contribution in [0.3, 0.4) is 0 Å². The normalized spacial score (nSPS) is 23.0. The molecular formula is C16H28N2OS2. The Hall–Kier alpha value is -0.290. The highest BCUT2D eigenvalue weighted by molar-refractivity contribution is 8.02. The Morgan fingerprint density at radius 1 is 1.29 bits per heavy atom. The van der Waals surface area contributed by atoms with Crippen molar-refractivity contribution in [1.82, 2.24) is 4.90 Å². The maximum Gasteiger partial charge on any atom is 0.222 e. The topological polar surface area (TPSA) is 46.3 Å². The van der Waals surface area contributed by atoms with Gasteiger partial charge in [0.25, 0.3) is 0 Å². The van der Waals surface area contributed by atoms with Gasteiger partial charge in [-0.1, -0.05) is 44.3 Å². The molecule has 0 spiro atoms. The van der Waals surface area contributed by atoms with Crippen molar-refractivity contribution in [2.24, 2.45) is 11.7 Å². The maximum atomic E-state index is 12.4. The van der Waals surface area contributed by atoms with Gasteiger partial charge in [-0.05, 0) is 31.4 Å². The maximum absolute atomic E-state index is 12.4. The van der Waals surface area contributed by atoms with Gasteiger partial charge in [0.2, 0.25) is 5.91 Å². The Morgan fingerprint density at radius 2 is 1.90 bits per heavy atom. The first-order valence-corrected chi connectivity index (χ1v) is 9.83. The second-order valence-electron chi connectivity index (χ2n) is 6.49. The summed E-state index contributed by atoms with van der Waals surface area (Å²) in [6, 6.07) is 0. The molecule has 1 saturated carbocycles. The monoisotopic (exact) mass is 328 g/mol. The number of likely N-dealkylation sites (tertiary alicyclic amines) is 1. The molecule has 1 saturated heterocycles. The van der Waals surface area contributed by atoms with Gasteiger partial charge in [0.1, 0.15) is 0 Å². The van der Waals surface area contributed by atoms with E-state index in [0.29, 0.717) is 10.9 Å². The average Bonchev–Trinajstić information content (AvgIpc) is 2.53. The summed E-state index contributed by atoms with van der Waals surface area (Å²) in [4.78, 5) is 15.0. The summed E-state index contributed by atoms with van der Waals surface area (Å²) in [6.07, 6.45) is 12.4. The van der Waals surface area contributed by atoms with Crippen molar-refractivity contribution in [3.05, 3.63) is 0 Å². The zero-order valence-electron chi connectivity index (χ0n) is 13.1. The molecule has 2 rings (SSSR count). The third kappa shape index (κ3) is 4.35. The molecular weight excluding hydrogens is 300 g/mol. The van der Waals surface area contributed by atoms with Crippen molar-refractivity contribution in [3.63, 3.8) is 0 Å². The zero-order valence-corrected chi connectivity index (χ0v) is 14.7. The van der Waals surface area contributed by atoms with Crippen molar-refractivity contribution < 1.29 is 4.79 Å². The number of hydrogen-bond donors (Lipinski definition) is 1. The minimum atomic E-state index is -0.0878. The highest BCUT2D eigenvalue weighted by Gasteiger charge is 2.37. The Kier molecular flexibility index (Phi) is 6.35. The van der Waals surface area contributed by atoms with Crippen LogP contribution in [-0.2, 0) is 4.79 Å². The standard InChI is InChI=1S/C16H28N2OS2/c1-21-16(15(17)20)9-11-18(12-10-16)14(19)8-7-13-5-3-2-4-6-13/h13H,2-12H2,1H3,(H2,17,20). The van der Waals surface area contributed by atoms with E-state index in [0.717, 1.165) is 44.7 Å². The molecule has 0 aromatic carbocycles. The van der Waals surface area contributed by atoms with E-state index in [4.69, 9.17) is 18.0 Å². The number of carbonyl (C=O) groups is 1. The molecule has 0 aromatic heterocycles. The Bertz CT molecular complexity index is 372. The van der Waals surface area contributed by atoms with E-state index in [1.165, 1.54) is 32.1 Å². The lowest BCUT2D eigenvalue weighted by molar-refractivity contribution is -0.132. The number of rotatable bonds is 5. The van der Waals surface area contributed by atoms with Crippen LogP contribution in [0, 0.1) is 5.92 Å². The first-order valence-electron chi connectivity index (χ1n) is 8.20. The molecule has 1 amide bonds. The largest absolute Gasteiger partial charge is 0.392 e. The van der Waals surface area contributed by atoms with Crippen LogP contribution in [0.25, 0.3) is 0 Å². The fourth-order valence-corrected chi connectivity index (χ4v) is 4.88. The predicted octanol–water partition coefficient (Wildman–Crippen LogP) is 3.36. The molecule has 2 aliphatic rings. The van der Waals surface area contributed by atoms with E-state index in [2.05, 4.69) is 6.26 Å². The van der Waals surface area contributed by atoms with E-state index < -0.39 is 0 Å². The highest BCUT2D eigenvalue weighted by atomic mass is 32.2. The molecule has 0 radical (unpaired) electrons. The molecule has 21 heavy (non-hydrogen) atoms. The van der Waals surface area contributed by atoms with Crippen molar-refractivity contribution in [3.8, 4) is 0 Å². The molecule has 0 atom stereocenters. The van der Waals surface area contributed by atoms with Gasteiger partial charge in [0, 0.05) is 19.5 Å². The lowest BCUT2D eigenvalue weighted by atomic mass is 9.86. The summed E-state index contributed by atoms with van der Waals surface area (Å²) < 4.78 is -0.0878. The first-order chi connectivity index (χ1) is 10.1. The molecule has 3 nitrogen and oxygen atoms in total. The number of thiocarbonyl (C=S) groups is 1. The molecule has 1 heterocycles. The van der Waals surface area contributed by atoms with Crippen molar-refractivity contribution >= 4 is 34.9 Å². The van der Waals surface area contributed by atoms with E-state index in [-0.39, 0.29) is 4.75 Å². The van der Waals surface area contributed by atoms with Crippen LogP contribution in [0.5, 0.6) is 0 Å². The molecule has 2 N–H and O–H groups in total. The second-order valence-corrected chi connectivity index (χ2v) is 8.12. The minimum Gasteiger partial charge on any atom is -0.392 e. The van der Waals surface area contributed by atoms with Gasteiger partial charge < -0.3 is 10.6 Å². The van der Waals surface area contributed by atoms with Crippen molar-refractivity contribution in [2.75, 3.05) is 19.3 Å². The quantitative estimate of drug-likeness (QED) is 0.786. The van der Waals surface area contributed by atoms with E-state index in [1.54, 1.807) is 11.8 Å². The predicted molar refractivity (Wildman–Crippen MR) is 94.7 cm³/mol. The molecule has 5 heteroatoms. The van der Waals surface area contributed by atoms with Gasteiger partial charge in [0.15, 0.2) is 0 Å². The van der Waals surface area contributed by atoms with E-state index in [1.807, 2.05) is 4.90 Å². The summed E-state index contributed by atoms with van der Waals surface area (Å²) >= 11 is 6.97. The lowest BCUT2D eigenvalue weighted by Gasteiger charge is -2.40. The summed E-state index contributed by atoms with van der Waals surface area (Å²) in [7, 11) is 0. The molecule has 0 unspecified atom stereocenters. The van der Waals surface area contributed by atoms with Crippen LogP contribution in [0.15, 0.2) is 0 Å². The third-order valence-electron chi connectivity index (χ3n) is 5.25. The molecule has 0 bridgehead atoms. The van der Waals surface area contributed by atoms with E-state index >= 15 is 0 Å². The van der Waals surface area contributed by atoms with Gasteiger partial charge in [-0.15, -0.1) is 0 Å². The van der Waals surface area contributed by atoms with Crippen LogP contribution < -0.4 is 5.73 Å². The van der Waals surface area contributed by atoms with Crippen molar-refractivity contribution in [2.45, 2.75) is 62.5 Å². The van der Waals surface area contributed by atoms with Crippen LogP contribution in [0.4, 0.5) is 0 Å². The fraction of sp³-hybridized carbons (Fsp3) is 0.875. The number of carbonyl (C=O) groups excluding carboxylic acids is 1. The number of piperidine rings is 1. The molecule has 0 aromatic rings. The smallest absolute Gasteiger partial charge is 0.222 e. The SMILES string of the molecule is CSC1(C(N)=S)CCN(C(=O)CCC2CCCCC2)CC1. The Balaban J connectivity index is 1.76. The molecule has 2 fully saturated rings. The zero-order chi connectivity index (χ0) is 15.3. The Labute approximate surface area is 138 Å². The summed E-state index contributed by atoms with van der Waals surface area (Å²) in [5, 5.41) is 0. The molecule has 120 valence electrons. The van der Waals surface area contributed by atoms with Crippen LogP contribution in [0.2, 0.25) is 0 Å². The molecule has 1 aliphatic heterocycles. The number of nitrogens with zero attached hydrogens (tertiary/aromatic N) is 1. The van der Waals surface area contributed by atoms with Gasteiger partial charge >= 0.3 is 0 Å². The van der Waals surface area contributed by atoms with Gasteiger partial charge in [-0.2, -0.15) is 11.8 Å². The van der Waals surface area contributed by atoms with Crippen LogP contribution >= 0.6 is 24.0 Å². The fourth-order valence-electron chi connectivity index (χ4n) is 3.63. The number of hydrogen-bond acceptors (Lipinski definition) is 3. The number of thioether (sulfide) groups is 1. The van der Waals surface area contributed by atoms with Gasteiger partial charge in [0.05, 0.1) is 9.74 Å². The second kappa shape index (κ2) is 7.82. The highest BCUT2D eigenvalue weighted by Crippen LogP contribution is 2.35. The average molecular weight is 329 g/mol. The van der Waals surface area contributed by atoms with Crippen molar-refractivity contribution in [1.29, 1.82) is 0 Å². The minimum absolute atomic E-state index is 0.0878. The first kappa shape index (κ1) is 17.1. The summed E-state index contributed by atoms with van der Waals surface area (Å²) in [5.74, 6) is 1.12. The Morgan fingerprint density at radius 3 is 2.43 bits per heavy atom. The molecule has 1 aliphatic carbocycles. The number of nitrogens with two attached hydrogens (primary N) is 1. The van der Waals surface area contributed by atoms with Crippen LogP contribution in [-0.4, -0.2) is 39.9 Å².